The van der Waals surface area contributed by atoms with Crippen molar-refractivity contribution in [2.45, 2.75) is 12.7 Å². The molecule has 0 saturated heterocycles. The third-order valence-electron chi connectivity index (χ3n) is 4.62. The van der Waals surface area contributed by atoms with Gasteiger partial charge in [0.1, 0.15) is 0 Å². The van der Waals surface area contributed by atoms with Crippen molar-refractivity contribution >= 4 is 27.8 Å². The molecule has 0 aliphatic rings. The van der Waals surface area contributed by atoms with Gasteiger partial charge < -0.3 is 0 Å². The lowest BCUT2D eigenvalue weighted by atomic mass is 10.1. The highest BCUT2D eigenvalue weighted by molar-refractivity contribution is 7.92. The zero-order valence-corrected chi connectivity index (χ0v) is 18.3. The van der Waals surface area contributed by atoms with Gasteiger partial charge in [0.05, 0.1) is 30.3 Å². The third-order valence-corrected chi connectivity index (χ3v) is 5.76. The zero-order valence-electron chi connectivity index (χ0n) is 17.5. The van der Waals surface area contributed by atoms with E-state index in [2.05, 4.69) is 10.5 Å². The standard InChI is InChI=1S/C23H20F3N3O3S/c1-33(31,32)29(20-8-3-2-4-9-20)16-17-11-13-18(14-12-17)22(30)28-27-15-19-7-5-6-10-21(19)23(24,25)26/h2-15H,16H2,1H3,(H,28,30)/b27-15-. The minimum absolute atomic E-state index is 0.0666. The summed E-state index contributed by atoms with van der Waals surface area (Å²) >= 11 is 0. The number of carbonyl (C=O) groups is 1. The van der Waals surface area contributed by atoms with Gasteiger partial charge in [-0.15, -0.1) is 0 Å². The van der Waals surface area contributed by atoms with Crippen molar-refractivity contribution in [3.05, 3.63) is 101 Å². The normalized spacial score (nSPS) is 12.0. The fourth-order valence-corrected chi connectivity index (χ4v) is 3.90. The topological polar surface area (TPSA) is 78.8 Å². The van der Waals surface area contributed by atoms with Gasteiger partial charge in [0.15, 0.2) is 0 Å². The van der Waals surface area contributed by atoms with Crippen molar-refractivity contribution < 1.29 is 26.4 Å². The summed E-state index contributed by atoms with van der Waals surface area (Å²) in [6.07, 6.45) is -2.50. The molecule has 1 N–H and O–H groups in total. The quantitative estimate of drug-likeness (QED) is 0.406. The first-order valence-electron chi connectivity index (χ1n) is 9.67. The summed E-state index contributed by atoms with van der Waals surface area (Å²) in [7, 11) is -3.54. The van der Waals surface area contributed by atoms with Crippen molar-refractivity contribution in [1.82, 2.24) is 5.43 Å². The molecule has 0 heterocycles. The Morgan fingerprint density at radius 2 is 1.58 bits per heavy atom. The van der Waals surface area contributed by atoms with Crippen LogP contribution in [0.5, 0.6) is 0 Å². The number of alkyl halides is 3. The van der Waals surface area contributed by atoms with Gasteiger partial charge in [0, 0.05) is 11.1 Å². The molecule has 0 radical (unpaired) electrons. The molecule has 3 rings (SSSR count). The average molecular weight is 475 g/mol. The van der Waals surface area contributed by atoms with Gasteiger partial charge in [-0.25, -0.2) is 13.8 Å². The van der Waals surface area contributed by atoms with Gasteiger partial charge in [0.2, 0.25) is 10.0 Å². The van der Waals surface area contributed by atoms with Gasteiger partial charge in [-0.3, -0.25) is 9.10 Å². The lowest BCUT2D eigenvalue weighted by Crippen LogP contribution is -2.29. The summed E-state index contributed by atoms with van der Waals surface area (Å²) in [6.45, 7) is 0.0666. The molecular formula is C23H20F3N3O3S. The molecule has 0 atom stereocenters. The Hall–Kier alpha value is -3.66. The van der Waals surface area contributed by atoms with E-state index in [0.717, 1.165) is 18.5 Å². The van der Waals surface area contributed by atoms with Crippen LogP contribution in [0.25, 0.3) is 0 Å². The molecule has 33 heavy (non-hydrogen) atoms. The lowest BCUT2D eigenvalue weighted by Gasteiger charge is -2.22. The minimum atomic E-state index is -4.54. The number of carbonyl (C=O) groups excluding carboxylic acids is 1. The molecule has 0 saturated carbocycles. The molecule has 3 aromatic carbocycles. The number of amides is 1. The van der Waals surface area contributed by atoms with E-state index in [1.165, 1.54) is 34.6 Å². The number of nitrogens with zero attached hydrogens (tertiary/aromatic N) is 2. The van der Waals surface area contributed by atoms with Crippen molar-refractivity contribution in [3.8, 4) is 0 Å². The molecule has 0 aromatic heterocycles. The number of hydrazone groups is 1. The number of hydrogen-bond acceptors (Lipinski definition) is 4. The van der Waals surface area contributed by atoms with Gasteiger partial charge >= 0.3 is 6.18 Å². The summed E-state index contributed by atoms with van der Waals surface area (Å²) in [5.41, 5.74) is 2.52. The number of benzene rings is 3. The van der Waals surface area contributed by atoms with E-state index in [4.69, 9.17) is 0 Å². The van der Waals surface area contributed by atoms with Crippen molar-refractivity contribution in [2.75, 3.05) is 10.6 Å². The number of hydrogen-bond donors (Lipinski definition) is 1. The fraction of sp³-hybridized carbons (Fsp3) is 0.130. The average Bonchev–Trinajstić information content (AvgIpc) is 2.77. The molecule has 0 aliphatic heterocycles. The third kappa shape index (κ3) is 6.42. The Morgan fingerprint density at radius 3 is 2.18 bits per heavy atom. The Labute approximate surface area is 189 Å². The molecule has 1 amide bonds. The van der Waals surface area contributed by atoms with E-state index >= 15 is 0 Å². The minimum Gasteiger partial charge on any atom is -0.267 e. The van der Waals surface area contributed by atoms with E-state index < -0.39 is 27.7 Å². The van der Waals surface area contributed by atoms with Gasteiger partial charge in [-0.05, 0) is 35.9 Å². The van der Waals surface area contributed by atoms with Crippen LogP contribution in [0.3, 0.4) is 0 Å². The molecule has 0 unspecified atom stereocenters. The first kappa shape index (κ1) is 24.0. The van der Waals surface area contributed by atoms with Gasteiger partial charge in [-0.2, -0.15) is 18.3 Å². The zero-order chi connectivity index (χ0) is 24.1. The maximum absolute atomic E-state index is 13.0. The van der Waals surface area contributed by atoms with Gasteiger partial charge in [-0.1, -0.05) is 48.5 Å². The summed E-state index contributed by atoms with van der Waals surface area (Å²) < 4.78 is 64.7. The smallest absolute Gasteiger partial charge is 0.267 e. The summed E-state index contributed by atoms with van der Waals surface area (Å²) in [5.74, 6) is -0.620. The van der Waals surface area contributed by atoms with E-state index in [9.17, 15) is 26.4 Å². The number of anilines is 1. The fourth-order valence-electron chi connectivity index (χ4n) is 3.01. The van der Waals surface area contributed by atoms with Crippen LogP contribution in [0, 0.1) is 0 Å². The number of sulfonamides is 1. The predicted molar refractivity (Wildman–Crippen MR) is 120 cm³/mol. The van der Waals surface area contributed by atoms with Crippen molar-refractivity contribution in [3.63, 3.8) is 0 Å². The molecule has 6 nitrogen and oxygen atoms in total. The monoisotopic (exact) mass is 475 g/mol. The van der Waals surface area contributed by atoms with Crippen LogP contribution in [-0.2, 0) is 22.7 Å². The van der Waals surface area contributed by atoms with Crippen molar-refractivity contribution in [2.24, 2.45) is 5.10 Å². The van der Waals surface area contributed by atoms with Crippen LogP contribution < -0.4 is 9.73 Å². The first-order valence-corrected chi connectivity index (χ1v) is 11.5. The highest BCUT2D eigenvalue weighted by atomic mass is 32.2. The van der Waals surface area contributed by atoms with Crippen LogP contribution in [0.2, 0.25) is 0 Å². The van der Waals surface area contributed by atoms with Crippen LogP contribution in [0.4, 0.5) is 18.9 Å². The van der Waals surface area contributed by atoms with Crippen LogP contribution in [0.15, 0.2) is 84.0 Å². The second-order valence-corrected chi connectivity index (χ2v) is 8.99. The Balaban J connectivity index is 1.69. The number of halogens is 3. The van der Waals surface area contributed by atoms with Crippen LogP contribution in [0.1, 0.15) is 27.0 Å². The first-order chi connectivity index (χ1) is 15.6. The largest absolute Gasteiger partial charge is 0.417 e. The number of rotatable bonds is 7. The van der Waals surface area contributed by atoms with Crippen molar-refractivity contribution in [1.29, 1.82) is 0 Å². The Bertz CT molecular complexity index is 1240. The molecule has 0 fully saturated rings. The molecule has 0 aliphatic carbocycles. The summed E-state index contributed by atoms with van der Waals surface area (Å²) in [4.78, 5) is 12.3. The highest BCUT2D eigenvalue weighted by Gasteiger charge is 2.32. The van der Waals surface area contributed by atoms with E-state index in [1.54, 1.807) is 42.5 Å². The molecule has 3 aromatic rings. The molecule has 0 spiro atoms. The maximum atomic E-state index is 13.0. The Kier molecular flexibility index (Phi) is 7.17. The SMILES string of the molecule is CS(=O)(=O)N(Cc1ccc(C(=O)N/N=C\c2ccccc2C(F)(F)F)cc1)c1ccccc1. The molecule has 10 heteroatoms. The Morgan fingerprint density at radius 1 is 0.970 bits per heavy atom. The summed E-state index contributed by atoms with van der Waals surface area (Å²) in [5, 5.41) is 3.62. The van der Waals surface area contributed by atoms with E-state index in [-0.39, 0.29) is 17.7 Å². The summed E-state index contributed by atoms with van der Waals surface area (Å²) in [6, 6.07) is 19.6. The maximum Gasteiger partial charge on any atom is 0.417 e. The van der Waals surface area contributed by atoms with E-state index in [1.807, 2.05) is 0 Å². The van der Waals surface area contributed by atoms with E-state index in [0.29, 0.717) is 11.3 Å². The predicted octanol–water partition coefficient (Wildman–Crippen LogP) is 4.44. The van der Waals surface area contributed by atoms with Crippen LogP contribution in [-0.4, -0.2) is 26.8 Å². The second-order valence-electron chi connectivity index (χ2n) is 7.09. The second kappa shape index (κ2) is 9.86. The molecule has 172 valence electrons. The number of para-hydroxylation sites is 1. The van der Waals surface area contributed by atoms with Crippen LogP contribution >= 0.6 is 0 Å². The van der Waals surface area contributed by atoms with Gasteiger partial charge in [0.25, 0.3) is 5.91 Å². The number of nitrogens with one attached hydrogen (secondary N) is 1. The lowest BCUT2D eigenvalue weighted by molar-refractivity contribution is -0.137. The molecular weight excluding hydrogens is 455 g/mol. The highest BCUT2D eigenvalue weighted by Crippen LogP contribution is 2.31. The molecule has 0 bridgehead atoms.